The number of hydrogen-bond donors (Lipinski definition) is 3. The number of fused-ring (bicyclic) bond motifs is 1. The van der Waals surface area contributed by atoms with Gasteiger partial charge in [0.1, 0.15) is 5.82 Å². The first kappa shape index (κ1) is 18.2. The van der Waals surface area contributed by atoms with Gasteiger partial charge in [0, 0.05) is 25.6 Å². The monoisotopic (exact) mass is 348 g/mol. The van der Waals surface area contributed by atoms with Crippen molar-refractivity contribution in [3.05, 3.63) is 11.6 Å². The summed E-state index contributed by atoms with van der Waals surface area (Å²) in [7, 11) is 0. The van der Waals surface area contributed by atoms with E-state index in [0.717, 1.165) is 44.0 Å². The Morgan fingerprint density at radius 3 is 2.72 bits per heavy atom. The zero-order valence-corrected chi connectivity index (χ0v) is 15.2. The maximum atomic E-state index is 11.9. The van der Waals surface area contributed by atoms with Crippen LogP contribution < -0.4 is 16.0 Å². The van der Waals surface area contributed by atoms with Crippen LogP contribution in [0.4, 0.5) is 4.79 Å². The Morgan fingerprint density at radius 1 is 1.00 bits per heavy atom. The van der Waals surface area contributed by atoms with Gasteiger partial charge >= 0.3 is 6.03 Å². The molecule has 7 heteroatoms. The van der Waals surface area contributed by atoms with Crippen molar-refractivity contribution in [3.63, 3.8) is 0 Å². The molecular weight excluding hydrogens is 316 g/mol. The molecular formula is C18H32N6O. The molecule has 140 valence electrons. The molecule has 2 heterocycles. The van der Waals surface area contributed by atoms with Gasteiger partial charge in [-0.3, -0.25) is 0 Å². The second-order valence-corrected chi connectivity index (χ2v) is 7.25. The molecule has 0 bridgehead atoms. The number of urea groups is 1. The minimum absolute atomic E-state index is 0.122. The van der Waals surface area contributed by atoms with Crippen LogP contribution in [0.25, 0.3) is 0 Å². The number of amides is 2. The largest absolute Gasteiger partial charge is 0.338 e. The molecule has 3 rings (SSSR count). The zero-order chi connectivity index (χ0) is 17.3. The summed E-state index contributed by atoms with van der Waals surface area (Å²) < 4.78 is 2.17. The molecule has 1 aliphatic carbocycles. The number of rotatable bonds is 7. The average Bonchev–Trinajstić information content (AvgIpc) is 2.86. The lowest BCUT2D eigenvalue weighted by Gasteiger charge is -2.22. The molecule has 1 fully saturated rings. The first-order valence-corrected chi connectivity index (χ1v) is 9.99. The van der Waals surface area contributed by atoms with Crippen LogP contribution in [0.3, 0.4) is 0 Å². The summed E-state index contributed by atoms with van der Waals surface area (Å²) >= 11 is 0. The van der Waals surface area contributed by atoms with Crippen molar-refractivity contribution >= 4 is 6.03 Å². The molecule has 0 aromatic carbocycles. The van der Waals surface area contributed by atoms with Gasteiger partial charge in [0.05, 0.1) is 6.54 Å². The molecule has 0 saturated heterocycles. The summed E-state index contributed by atoms with van der Waals surface area (Å²) in [6.07, 6.45) is 12.2. The van der Waals surface area contributed by atoms with Crippen molar-refractivity contribution in [1.29, 1.82) is 0 Å². The van der Waals surface area contributed by atoms with E-state index in [2.05, 4.69) is 30.7 Å². The minimum atomic E-state index is -0.122. The van der Waals surface area contributed by atoms with Crippen LogP contribution in [0.1, 0.15) is 69.4 Å². The minimum Gasteiger partial charge on any atom is -0.338 e. The summed E-state index contributed by atoms with van der Waals surface area (Å²) in [5.74, 6) is 1.93. The van der Waals surface area contributed by atoms with E-state index >= 15 is 0 Å². The highest BCUT2D eigenvalue weighted by Gasteiger charge is 2.15. The average molecular weight is 348 g/mol. The van der Waals surface area contributed by atoms with E-state index in [4.69, 9.17) is 0 Å². The summed E-state index contributed by atoms with van der Waals surface area (Å²) in [5, 5.41) is 17.9. The van der Waals surface area contributed by atoms with Gasteiger partial charge in [0.15, 0.2) is 5.82 Å². The number of nitrogens with zero attached hydrogens (tertiary/aromatic N) is 3. The standard InChI is InChI=1S/C18H32N6O/c25-18(20-12-7-11-19-15-8-3-1-4-9-15)21-14-17-23-22-16-10-5-2-6-13-24(16)17/h15,19H,1-14H2,(H2,20,21,25). The number of carbonyl (C=O) groups is 1. The molecule has 0 radical (unpaired) electrons. The van der Waals surface area contributed by atoms with Gasteiger partial charge in [-0.15, -0.1) is 10.2 Å². The molecule has 2 aliphatic rings. The molecule has 1 aromatic rings. The second kappa shape index (κ2) is 9.75. The van der Waals surface area contributed by atoms with E-state index in [1.165, 1.54) is 44.9 Å². The Bertz CT molecular complexity index is 538. The summed E-state index contributed by atoms with van der Waals surface area (Å²) in [6, 6.07) is 0.564. The van der Waals surface area contributed by atoms with E-state index in [-0.39, 0.29) is 6.03 Å². The highest BCUT2D eigenvalue weighted by molar-refractivity contribution is 5.73. The molecule has 25 heavy (non-hydrogen) atoms. The number of aryl methyl sites for hydroxylation is 1. The fourth-order valence-corrected chi connectivity index (χ4v) is 3.80. The lowest BCUT2D eigenvalue weighted by molar-refractivity contribution is 0.240. The summed E-state index contributed by atoms with van der Waals surface area (Å²) in [6.45, 7) is 3.08. The van der Waals surface area contributed by atoms with Gasteiger partial charge in [-0.05, 0) is 38.6 Å². The predicted molar refractivity (Wildman–Crippen MR) is 97.3 cm³/mol. The Labute approximate surface area is 150 Å². The number of carbonyl (C=O) groups excluding carboxylic acids is 1. The van der Waals surface area contributed by atoms with Gasteiger partial charge in [-0.25, -0.2) is 4.79 Å². The molecule has 1 aliphatic heterocycles. The third-order valence-electron chi connectivity index (χ3n) is 5.27. The molecule has 0 unspecified atom stereocenters. The lowest BCUT2D eigenvalue weighted by atomic mass is 9.95. The first-order chi connectivity index (χ1) is 12.3. The molecule has 0 spiro atoms. The van der Waals surface area contributed by atoms with Crippen molar-refractivity contribution in [2.24, 2.45) is 0 Å². The van der Waals surface area contributed by atoms with Crippen molar-refractivity contribution in [2.75, 3.05) is 13.1 Å². The van der Waals surface area contributed by atoms with E-state index < -0.39 is 0 Å². The predicted octanol–water partition coefficient (Wildman–Crippen LogP) is 2.12. The van der Waals surface area contributed by atoms with Crippen LogP contribution in [0, 0.1) is 0 Å². The number of hydrogen-bond acceptors (Lipinski definition) is 4. The van der Waals surface area contributed by atoms with E-state index in [1.807, 2.05) is 0 Å². The van der Waals surface area contributed by atoms with E-state index in [0.29, 0.717) is 19.1 Å². The Morgan fingerprint density at radius 2 is 1.84 bits per heavy atom. The van der Waals surface area contributed by atoms with Gasteiger partial charge in [0.2, 0.25) is 0 Å². The van der Waals surface area contributed by atoms with Gasteiger partial charge in [0.25, 0.3) is 0 Å². The van der Waals surface area contributed by atoms with Crippen molar-refractivity contribution in [3.8, 4) is 0 Å². The van der Waals surface area contributed by atoms with Crippen LogP contribution in [0.2, 0.25) is 0 Å². The SMILES string of the molecule is O=C(NCCCNC1CCCCC1)NCc1nnc2n1CCCCC2. The van der Waals surface area contributed by atoms with Gasteiger partial charge in [-0.2, -0.15) is 0 Å². The Hall–Kier alpha value is -1.63. The summed E-state index contributed by atoms with van der Waals surface area (Å²) in [4.78, 5) is 11.9. The molecule has 3 N–H and O–H groups in total. The lowest BCUT2D eigenvalue weighted by Crippen LogP contribution is -2.38. The molecule has 0 atom stereocenters. The first-order valence-electron chi connectivity index (χ1n) is 9.99. The molecule has 1 aromatic heterocycles. The Balaban J connectivity index is 1.29. The molecule has 7 nitrogen and oxygen atoms in total. The van der Waals surface area contributed by atoms with Gasteiger partial charge < -0.3 is 20.5 Å². The third-order valence-corrected chi connectivity index (χ3v) is 5.27. The normalized spacial score (nSPS) is 18.4. The second-order valence-electron chi connectivity index (χ2n) is 7.25. The maximum Gasteiger partial charge on any atom is 0.315 e. The van der Waals surface area contributed by atoms with Crippen molar-refractivity contribution in [1.82, 2.24) is 30.7 Å². The van der Waals surface area contributed by atoms with Crippen LogP contribution in [-0.4, -0.2) is 39.9 Å². The highest BCUT2D eigenvalue weighted by atomic mass is 16.2. The highest BCUT2D eigenvalue weighted by Crippen LogP contribution is 2.17. The van der Waals surface area contributed by atoms with Crippen LogP contribution in [-0.2, 0) is 19.5 Å². The number of nitrogens with one attached hydrogen (secondary N) is 3. The van der Waals surface area contributed by atoms with E-state index in [9.17, 15) is 4.79 Å². The van der Waals surface area contributed by atoms with Crippen LogP contribution in [0.5, 0.6) is 0 Å². The fraction of sp³-hybridized carbons (Fsp3) is 0.833. The Kier molecular flexibility index (Phi) is 7.09. The quantitative estimate of drug-likeness (QED) is 0.659. The topological polar surface area (TPSA) is 83.9 Å². The van der Waals surface area contributed by atoms with Crippen LogP contribution in [0.15, 0.2) is 0 Å². The van der Waals surface area contributed by atoms with Crippen molar-refractivity contribution in [2.45, 2.75) is 83.3 Å². The van der Waals surface area contributed by atoms with Crippen LogP contribution >= 0.6 is 0 Å². The van der Waals surface area contributed by atoms with E-state index in [1.54, 1.807) is 0 Å². The third kappa shape index (κ3) is 5.70. The maximum absolute atomic E-state index is 11.9. The molecule has 1 saturated carbocycles. The van der Waals surface area contributed by atoms with Gasteiger partial charge in [-0.1, -0.05) is 25.7 Å². The number of aromatic nitrogens is 3. The summed E-state index contributed by atoms with van der Waals surface area (Å²) in [5.41, 5.74) is 0. The smallest absolute Gasteiger partial charge is 0.315 e. The zero-order valence-electron chi connectivity index (χ0n) is 15.2. The molecule has 2 amide bonds. The fourth-order valence-electron chi connectivity index (χ4n) is 3.80. The van der Waals surface area contributed by atoms with Crippen molar-refractivity contribution < 1.29 is 4.79 Å².